The Morgan fingerprint density at radius 2 is 1.94 bits per heavy atom. The SMILES string of the molecule is CCCCNCCOC1CCCCC1CC. The molecule has 1 fully saturated rings. The average Bonchev–Trinajstić information content (AvgIpc) is 2.34. The Bertz CT molecular complexity index is 161. The van der Waals surface area contributed by atoms with Crippen molar-refractivity contribution in [1.29, 1.82) is 0 Å². The molecule has 2 atom stereocenters. The van der Waals surface area contributed by atoms with Crippen LogP contribution in [-0.2, 0) is 4.74 Å². The number of hydrogen-bond donors (Lipinski definition) is 1. The molecule has 0 aromatic heterocycles. The Labute approximate surface area is 101 Å². The van der Waals surface area contributed by atoms with Crippen LogP contribution in [0.2, 0.25) is 0 Å². The fourth-order valence-corrected chi connectivity index (χ4v) is 2.57. The lowest BCUT2D eigenvalue weighted by molar-refractivity contribution is -0.0102. The summed E-state index contributed by atoms with van der Waals surface area (Å²) in [6.45, 7) is 7.58. The maximum absolute atomic E-state index is 6.00. The van der Waals surface area contributed by atoms with Crippen molar-refractivity contribution in [2.45, 2.75) is 64.9 Å². The predicted octanol–water partition coefficient (Wildman–Crippen LogP) is 3.36. The number of ether oxygens (including phenoxy) is 1. The summed E-state index contributed by atoms with van der Waals surface area (Å²) in [7, 11) is 0. The van der Waals surface area contributed by atoms with E-state index in [1.54, 1.807) is 0 Å². The monoisotopic (exact) mass is 227 g/mol. The third-order valence-electron chi connectivity index (χ3n) is 3.68. The zero-order valence-electron chi connectivity index (χ0n) is 11.1. The van der Waals surface area contributed by atoms with Crippen LogP contribution in [-0.4, -0.2) is 25.8 Å². The molecule has 16 heavy (non-hydrogen) atoms. The van der Waals surface area contributed by atoms with Crippen molar-refractivity contribution in [1.82, 2.24) is 5.32 Å². The molecule has 0 aromatic rings. The van der Waals surface area contributed by atoms with Crippen molar-refractivity contribution in [3.8, 4) is 0 Å². The maximum Gasteiger partial charge on any atom is 0.0603 e. The van der Waals surface area contributed by atoms with Crippen molar-refractivity contribution in [3.63, 3.8) is 0 Å². The molecule has 1 N–H and O–H groups in total. The van der Waals surface area contributed by atoms with Gasteiger partial charge in [0.15, 0.2) is 0 Å². The van der Waals surface area contributed by atoms with Crippen molar-refractivity contribution in [2.75, 3.05) is 19.7 Å². The number of hydrogen-bond acceptors (Lipinski definition) is 2. The zero-order chi connectivity index (χ0) is 11.6. The number of nitrogens with one attached hydrogen (secondary N) is 1. The van der Waals surface area contributed by atoms with E-state index in [1.165, 1.54) is 44.9 Å². The molecule has 0 amide bonds. The Kier molecular flexibility index (Phi) is 7.87. The third kappa shape index (κ3) is 5.31. The summed E-state index contributed by atoms with van der Waals surface area (Å²) < 4.78 is 6.00. The van der Waals surface area contributed by atoms with E-state index in [0.29, 0.717) is 6.10 Å². The summed E-state index contributed by atoms with van der Waals surface area (Å²) in [5.41, 5.74) is 0. The molecule has 96 valence electrons. The third-order valence-corrected chi connectivity index (χ3v) is 3.68. The Morgan fingerprint density at radius 1 is 1.12 bits per heavy atom. The van der Waals surface area contributed by atoms with Crippen LogP contribution in [0, 0.1) is 5.92 Å². The van der Waals surface area contributed by atoms with Gasteiger partial charge in [-0.25, -0.2) is 0 Å². The molecular weight excluding hydrogens is 198 g/mol. The molecule has 0 saturated heterocycles. The highest BCUT2D eigenvalue weighted by molar-refractivity contribution is 4.74. The summed E-state index contributed by atoms with van der Waals surface area (Å²) in [5, 5.41) is 3.43. The van der Waals surface area contributed by atoms with Gasteiger partial charge in [-0.2, -0.15) is 0 Å². The molecule has 0 aliphatic heterocycles. The second-order valence-electron chi connectivity index (χ2n) is 4.97. The van der Waals surface area contributed by atoms with Crippen LogP contribution in [0.3, 0.4) is 0 Å². The minimum Gasteiger partial charge on any atom is -0.377 e. The van der Waals surface area contributed by atoms with Gasteiger partial charge in [0, 0.05) is 6.54 Å². The first-order chi connectivity index (χ1) is 7.88. The molecule has 0 aromatic carbocycles. The Hall–Kier alpha value is -0.0800. The van der Waals surface area contributed by atoms with E-state index in [1.807, 2.05) is 0 Å². The first-order valence-corrected chi connectivity index (χ1v) is 7.20. The fourth-order valence-electron chi connectivity index (χ4n) is 2.57. The predicted molar refractivity (Wildman–Crippen MR) is 69.8 cm³/mol. The molecule has 0 heterocycles. The highest BCUT2D eigenvalue weighted by atomic mass is 16.5. The molecule has 1 aliphatic carbocycles. The van der Waals surface area contributed by atoms with Crippen LogP contribution < -0.4 is 5.32 Å². The highest BCUT2D eigenvalue weighted by Crippen LogP contribution is 2.28. The molecule has 1 rings (SSSR count). The van der Waals surface area contributed by atoms with Crippen molar-refractivity contribution >= 4 is 0 Å². The summed E-state index contributed by atoms with van der Waals surface area (Å²) in [6.07, 6.45) is 9.82. The van der Waals surface area contributed by atoms with E-state index in [9.17, 15) is 0 Å². The van der Waals surface area contributed by atoms with E-state index >= 15 is 0 Å². The second kappa shape index (κ2) is 9.00. The van der Waals surface area contributed by atoms with E-state index in [0.717, 1.165) is 25.6 Å². The van der Waals surface area contributed by atoms with E-state index in [2.05, 4.69) is 19.2 Å². The van der Waals surface area contributed by atoms with Crippen LogP contribution in [0.4, 0.5) is 0 Å². The lowest BCUT2D eigenvalue weighted by Gasteiger charge is -2.30. The van der Waals surface area contributed by atoms with Crippen molar-refractivity contribution in [2.24, 2.45) is 5.92 Å². The summed E-state index contributed by atoms with van der Waals surface area (Å²) in [5.74, 6) is 0.824. The van der Waals surface area contributed by atoms with Crippen LogP contribution in [0.1, 0.15) is 58.8 Å². The topological polar surface area (TPSA) is 21.3 Å². The lowest BCUT2D eigenvalue weighted by atomic mass is 9.85. The van der Waals surface area contributed by atoms with Gasteiger partial charge in [0.25, 0.3) is 0 Å². The Balaban J connectivity index is 2.02. The largest absolute Gasteiger partial charge is 0.377 e. The van der Waals surface area contributed by atoms with Crippen molar-refractivity contribution in [3.05, 3.63) is 0 Å². The van der Waals surface area contributed by atoms with E-state index in [-0.39, 0.29) is 0 Å². The normalized spacial score (nSPS) is 25.9. The van der Waals surface area contributed by atoms with E-state index in [4.69, 9.17) is 4.74 Å². The first-order valence-electron chi connectivity index (χ1n) is 7.20. The van der Waals surface area contributed by atoms with Gasteiger partial charge in [-0.3, -0.25) is 0 Å². The van der Waals surface area contributed by atoms with E-state index < -0.39 is 0 Å². The van der Waals surface area contributed by atoms with Gasteiger partial charge < -0.3 is 10.1 Å². The number of unbranched alkanes of at least 4 members (excludes halogenated alkanes) is 1. The van der Waals surface area contributed by atoms with Crippen LogP contribution in [0.25, 0.3) is 0 Å². The smallest absolute Gasteiger partial charge is 0.0603 e. The molecule has 0 spiro atoms. The summed E-state index contributed by atoms with van der Waals surface area (Å²) >= 11 is 0. The molecule has 0 radical (unpaired) electrons. The second-order valence-corrected chi connectivity index (χ2v) is 4.97. The minimum absolute atomic E-state index is 0.548. The van der Waals surface area contributed by atoms with Gasteiger partial charge in [0.05, 0.1) is 12.7 Å². The van der Waals surface area contributed by atoms with Gasteiger partial charge in [-0.1, -0.05) is 39.5 Å². The molecule has 2 nitrogen and oxygen atoms in total. The molecule has 1 saturated carbocycles. The molecule has 2 unspecified atom stereocenters. The van der Waals surface area contributed by atoms with Gasteiger partial charge in [-0.05, 0) is 31.7 Å². The van der Waals surface area contributed by atoms with Crippen LogP contribution in [0.15, 0.2) is 0 Å². The lowest BCUT2D eigenvalue weighted by Crippen LogP contribution is -2.30. The van der Waals surface area contributed by atoms with Crippen LogP contribution in [0.5, 0.6) is 0 Å². The van der Waals surface area contributed by atoms with Gasteiger partial charge in [0.1, 0.15) is 0 Å². The first kappa shape index (κ1) is 14.0. The van der Waals surface area contributed by atoms with Gasteiger partial charge in [0.2, 0.25) is 0 Å². The maximum atomic E-state index is 6.00. The molecule has 1 aliphatic rings. The standard InChI is InChI=1S/C14H29NO/c1-3-5-10-15-11-12-16-14-9-7-6-8-13(14)4-2/h13-15H,3-12H2,1-2H3. The minimum atomic E-state index is 0.548. The average molecular weight is 227 g/mol. The molecular formula is C14H29NO. The van der Waals surface area contributed by atoms with Gasteiger partial charge in [-0.15, -0.1) is 0 Å². The van der Waals surface area contributed by atoms with Crippen molar-refractivity contribution < 1.29 is 4.74 Å². The summed E-state index contributed by atoms with van der Waals surface area (Å²) in [6, 6.07) is 0. The molecule has 2 heteroatoms. The quantitative estimate of drug-likeness (QED) is 0.642. The highest BCUT2D eigenvalue weighted by Gasteiger charge is 2.23. The van der Waals surface area contributed by atoms with Crippen LogP contribution >= 0.6 is 0 Å². The zero-order valence-corrected chi connectivity index (χ0v) is 11.1. The molecule has 0 bridgehead atoms. The number of rotatable bonds is 8. The van der Waals surface area contributed by atoms with Gasteiger partial charge >= 0.3 is 0 Å². The Morgan fingerprint density at radius 3 is 2.69 bits per heavy atom. The fraction of sp³-hybridized carbons (Fsp3) is 1.00. The summed E-state index contributed by atoms with van der Waals surface area (Å²) in [4.78, 5) is 0.